The summed E-state index contributed by atoms with van der Waals surface area (Å²) in [4.78, 5) is 15.5. The fraction of sp³-hybridized carbons (Fsp3) is 0.500. The molecule has 0 aromatic heterocycles. The summed E-state index contributed by atoms with van der Waals surface area (Å²) in [6, 6.07) is 17.0. The largest absolute Gasteiger partial charge is 0.352 e. The monoisotopic (exact) mass is 469 g/mol. The van der Waals surface area contributed by atoms with Crippen LogP contribution in [0.15, 0.2) is 59.5 Å². The Morgan fingerprint density at radius 2 is 1.61 bits per heavy atom. The van der Waals surface area contributed by atoms with E-state index in [1.165, 1.54) is 35.8 Å². The van der Waals surface area contributed by atoms with Gasteiger partial charge in [-0.05, 0) is 61.4 Å². The molecule has 1 unspecified atom stereocenters. The van der Waals surface area contributed by atoms with Gasteiger partial charge in [0.1, 0.15) is 0 Å². The van der Waals surface area contributed by atoms with Crippen LogP contribution in [-0.2, 0) is 27.9 Å². The zero-order valence-corrected chi connectivity index (χ0v) is 20.3. The van der Waals surface area contributed by atoms with Crippen LogP contribution in [0.3, 0.4) is 0 Å². The Morgan fingerprint density at radius 3 is 2.27 bits per heavy atom. The second-order valence-electron chi connectivity index (χ2n) is 9.51. The minimum absolute atomic E-state index is 0.0122. The normalized spacial score (nSPS) is 21.1. The van der Waals surface area contributed by atoms with E-state index in [1.807, 2.05) is 0 Å². The molecule has 33 heavy (non-hydrogen) atoms. The summed E-state index contributed by atoms with van der Waals surface area (Å²) in [5, 5.41) is 3.04. The van der Waals surface area contributed by atoms with Crippen LogP contribution >= 0.6 is 0 Å². The fourth-order valence-corrected chi connectivity index (χ4v) is 6.38. The van der Waals surface area contributed by atoms with Gasteiger partial charge in [-0.2, -0.15) is 4.31 Å². The van der Waals surface area contributed by atoms with Crippen molar-refractivity contribution in [2.24, 2.45) is 11.8 Å². The van der Waals surface area contributed by atoms with Crippen LogP contribution in [-0.4, -0.2) is 49.7 Å². The number of piperidine rings is 2. The van der Waals surface area contributed by atoms with Gasteiger partial charge in [0, 0.05) is 38.6 Å². The molecule has 178 valence electrons. The lowest BCUT2D eigenvalue weighted by Gasteiger charge is -2.31. The first-order valence-electron chi connectivity index (χ1n) is 12.0. The van der Waals surface area contributed by atoms with E-state index < -0.39 is 10.0 Å². The second-order valence-corrected chi connectivity index (χ2v) is 11.4. The van der Waals surface area contributed by atoms with Gasteiger partial charge in [0.05, 0.1) is 4.90 Å². The topological polar surface area (TPSA) is 69.7 Å². The molecule has 1 atom stereocenters. The van der Waals surface area contributed by atoms with Crippen molar-refractivity contribution < 1.29 is 13.2 Å². The van der Waals surface area contributed by atoms with Gasteiger partial charge in [-0.3, -0.25) is 9.69 Å². The lowest BCUT2D eigenvalue weighted by Crippen LogP contribution is -2.42. The van der Waals surface area contributed by atoms with E-state index >= 15 is 0 Å². The molecule has 0 bridgehead atoms. The van der Waals surface area contributed by atoms with E-state index in [2.05, 4.69) is 41.4 Å². The van der Waals surface area contributed by atoms with E-state index in [4.69, 9.17) is 0 Å². The standard InChI is InChI=1S/C26H35N3O3S/c1-21-6-5-15-28(19-21)20-23-11-9-22(10-12-23)18-27-26(30)24-13-16-29(17-14-24)33(31,32)25-7-3-2-4-8-25/h2-4,7-12,21,24H,5-6,13-20H2,1H3,(H,27,30). The number of benzene rings is 2. The van der Waals surface area contributed by atoms with E-state index in [-0.39, 0.29) is 11.8 Å². The minimum atomic E-state index is -3.49. The van der Waals surface area contributed by atoms with Crippen molar-refractivity contribution in [3.8, 4) is 0 Å². The van der Waals surface area contributed by atoms with Crippen LogP contribution in [0.4, 0.5) is 0 Å². The molecule has 0 spiro atoms. The molecule has 2 fully saturated rings. The van der Waals surface area contributed by atoms with Gasteiger partial charge in [-0.15, -0.1) is 0 Å². The SMILES string of the molecule is CC1CCCN(Cc2ccc(CNC(=O)C3CCN(S(=O)(=O)c4ccccc4)CC3)cc2)C1. The molecule has 7 heteroatoms. The predicted octanol–water partition coefficient (Wildman–Crippen LogP) is 3.64. The Kier molecular flexibility index (Phi) is 7.83. The zero-order valence-electron chi connectivity index (χ0n) is 19.4. The third-order valence-electron chi connectivity index (χ3n) is 6.84. The Labute approximate surface area is 198 Å². The predicted molar refractivity (Wildman–Crippen MR) is 130 cm³/mol. The van der Waals surface area contributed by atoms with E-state index in [1.54, 1.807) is 30.3 Å². The van der Waals surface area contributed by atoms with Gasteiger partial charge in [-0.1, -0.05) is 49.4 Å². The van der Waals surface area contributed by atoms with E-state index in [9.17, 15) is 13.2 Å². The molecule has 2 aliphatic rings. The van der Waals surface area contributed by atoms with Crippen LogP contribution in [0.1, 0.15) is 43.7 Å². The number of hydrogen-bond acceptors (Lipinski definition) is 4. The van der Waals surface area contributed by atoms with E-state index in [0.29, 0.717) is 37.4 Å². The molecule has 0 saturated carbocycles. The van der Waals surface area contributed by atoms with Gasteiger partial charge >= 0.3 is 0 Å². The maximum atomic E-state index is 12.8. The van der Waals surface area contributed by atoms with Gasteiger partial charge in [-0.25, -0.2) is 8.42 Å². The quantitative estimate of drug-likeness (QED) is 0.672. The third-order valence-corrected chi connectivity index (χ3v) is 8.76. The highest BCUT2D eigenvalue weighted by molar-refractivity contribution is 7.89. The number of carbonyl (C=O) groups excluding carboxylic acids is 1. The molecular weight excluding hydrogens is 434 g/mol. The van der Waals surface area contributed by atoms with Gasteiger partial charge < -0.3 is 5.32 Å². The van der Waals surface area contributed by atoms with Gasteiger partial charge in [0.15, 0.2) is 0 Å². The summed E-state index contributed by atoms with van der Waals surface area (Å²) in [6.45, 7) is 6.91. The highest BCUT2D eigenvalue weighted by Crippen LogP contribution is 2.24. The molecule has 0 radical (unpaired) electrons. The Bertz CT molecular complexity index is 1020. The summed E-state index contributed by atoms with van der Waals surface area (Å²) in [6.07, 6.45) is 3.70. The Morgan fingerprint density at radius 1 is 0.939 bits per heavy atom. The first kappa shape index (κ1) is 23.9. The molecule has 1 amide bonds. The highest BCUT2D eigenvalue weighted by Gasteiger charge is 2.31. The summed E-state index contributed by atoms with van der Waals surface area (Å²) >= 11 is 0. The summed E-state index contributed by atoms with van der Waals surface area (Å²) in [7, 11) is -3.49. The average Bonchev–Trinajstić information content (AvgIpc) is 2.84. The second kappa shape index (κ2) is 10.8. The summed E-state index contributed by atoms with van der Waals surface area (Å²) in [5.41, 5.74) is 2.40. The lowest BCUT2D eigenvalue weighted by atomic mass is 9.97. The lowest BCUT2D eigenvalue weighted by molar-refractivity contribution is -0.126. The molecule has 2 saturated heterocycles. The number of carbonyl (C=O) groups is 1. The molecule has 2 heterocycles. The van der Waals surface area contributed by atoms with Crippen LogP contribution in [0.5, 0.6) is 0 Å². The van der Waals surface area contributed by atoms with Crippen LogP contribution in [0, 0.1) is 11.8 Å². The van der Waals surface area contributed by atoms with Crippen molar-refractivity contribution in [1.82, 2.24) is 14.5 Å². The van der Waals surface area contributed by atoms with Gasteiger partial charge in [0.25, 0.3) is 0 Å². The average molecular weight is 470 g/mol. The molecular formula is C26H35N3O3S. The zero-order chi connectivity index (χ0) is 23.3. The highest BCUT2D eigenvalue weighted by atomic mass is 32.2. The smallest absolute Gasteiger partial charge is 0.243 e. The molecule has 2 aromatic rings. The summed E-state index contributed by atoms with van der Waals surface area (Å²) < 4.78 is 27.0. The van der Waals surface area contributed by atoms with Crippen LogP contribution in [0.2, 0.25) is 0 Å². The minimum Gasteiger partial charge on any atom is -0.352 e. The van der Waals surface area contributed by atoms with E-state index in [0.717, 1.165) is 18.0 Å². The summed E-state index contributed by atoms with van der Waals surface area (Å²) in [5.74, 6) is 0.643. The van der Waals surface area contributed by atoms with Crippen molar-refractivity contribution in [2.45, 2.75) is 50.6 Å². The first-order chi connectivity index (χ1) is 15.9. The van der Waals surface area contributed by atoms with Crippen LogP contribution in [0.25, 0.3) is 0 Å². The third kappa shape index (κ3) is 6.22. The molecule has 2 aliphatic heterocycles. The molecule has 2 aromatic carbocycles. The molecule has 4 rings (SSSR count). The van der Waals surface area contributed by atoms with Gasteiger partial charge in [0.2, 0.25) is 15.9 Å². The first-order valence-corrected chi connectivity index (χ1v) is 13.5. The number of likely N-dealkylation sites (tertiary alicyclic amines) is 1. The molecule has 0 aliphatic carbocycles. The van der Waals surface area contributed by atoms with Crippen molar-refractivity contribution in [2.75, 3.05) is 26.2 Å². The van der Waals surface area contributed by atoms with Crippen molar-refractivity contribution in [1.29, 1.82) is 0 Å². The molecule has 1 N–H and O–H groups in total. The van der Waals surface area contributed by atoms with Crippen molar-refractivity contribution in [3.05, 3.63) is 65.7 Å². The number of rotatable bonds is 7. The number of amides is 1. The number of nitrogens with zero attached hydrogens (tertiary/aromatic N) is 2. The number of nitrogens with one attached hydrogen (secondary N) is 1. The van der Waals surface area contributed by atoms with Crippen LogP contribution < -0.4 is 5.32 Å². The maximum absolute atomic E-state index is 12.8. The molecule has 6 nitrogen and oxygen atoms in total. The number of hydrogen-bond donors (Lipinski definition) is 1. The fourth-order valence-electron chi connectivity index (χ4n) is 4.88. The number of sulfonamides is 1. The Balaban J connectivity index is 1.23. The Hall–Kier alpha value is -2.22. The van der Waals surface area contributed by atoms with Crippen molar-refractivity contribution in [3.63, 3.8) is 0 Å². The maximum Gasteiger partial charge on any atom is 0.243 e. The van der Waals surface area contributed by atoms with Crippen molar-refractivity contribution >= 4 is 15.9 Å².